The molecule has 0 unspecified atom stereocenters. The van der Waals surface area contributed by atoms with Crippen LogP contribution in [0.2, 0.25) is 10.2 Å². The van der Waals surface area contributed by atoms with Gasteiger partial charge in [-0.25, -0.2) is 9.97 Å². The summed E-state index contributed by atoms with van der Waals surface area (Å²) in [5.74, 6) is -0.276. The molecule has 7 heteroatoms. The highest BCUT2D eigenvalue weighted by Crippen LogP contribution is 2.15. The van der Waals surface area contributed by atoms with Gasteiger partial charge in [-0.1, -0.05) is 23.2 Å². The number of hydrogen-bond acceptors (Lipinski definition) is 4. The van der Waals surface area contributed by atoms with Crippen LogP contribution in [0.5, 0.6) is 0 Å². The molecular weight excluding hydrogens is 275 g/mol. The van der Waals surface area contributed by atoms with E-state index in [4.69, 9.17) is 23.2 Å². The van der Waals surface area contributed by atoms with Gasteiger partial charge in [-0.2, -0.15) is 0 Å². The summed E-state index contributed by atoms with van der Waals surface area (Å²) in [5.41, 5.74) is 0.957. The van der Waals surface area contributed by atoms with Crippen molar-refractivity contribution in [3.8, 4) is 0 Å². The first kappa shape index (κ1) is 12.7. The predicted octanol–water partition coefficient (Wildman–Crippen LogP) is 2.74. The maximum atomic E-state index is 11.9. The summed E-state index contributed by atoms with van der Waals surface area (Å²) < 4.78 is 0. The monoisotopic (exact) mass is 282 g/mol. The van der Waals surface area contributed by atoms with Gasteiger partial charge >= 0.3 is 0 Å². The van der Waals surface area contributed by atoms with E-state index in [1.165, 1.54) is 18.5 Å². The second-order valence-corrected chi connectivity index (χ2v) is 4.26. The van der Waals surface area contributed by atoms with Gasteiger partial charge in [0, 0.05) is 18.1 Å². The van der Waals surface area contributed by atoms with Crippen molar-refractivity contribution in [1.82, 2.24) is 15.0 Å². The fraction of sp³-hybridized carbons (Fsp3) is 0.0909. The molecule has 18 heavy (non-hydrogen) atoms. The molecule has 1 N–H and O–H groups in total. The summed E-state index contributed by atoms with van der Waals surface area (Å²) in [6.45, 7) is 1.75. The lowest BCUT2D eigenvalue weighted by Gasteiger charge is -2.05. The number of aromatic nitrogens is 3. The Bertz CT molecular complexity index is 583. The summed E-state index contributed by atoms with van der Waals surface area (Å²) in [6.07, 6.45) is 2.87. The number of hydrogen-bond donors (Lipinski definition) is 1. The molecule has 5 nitrogen and oxygen atoms in total. The number of anilines is 1. The largest absolute Gasteiger partial charge is 0.290 e. The van der Waals surface area contributed by atoms with Crippen molar-refractivity contribution in [3.63, 3.8) is 0 Å². The molecule has 0 aliphatic heterocycles. The Hall–Kier alpha value is -1.72. The molecule has 0 fully saturated rings. The Morgan fingerprint density at radius 2 is 2.11 bits per heavy atom. The van der Waals surface area contributed by atoms with Gasteiger partial charge in [0.2, 0.25) is 5.95 Å². The number of nitrogens with zero attached hydrogens (tertiary/aromatic N) is 3. The third-order valence-corrected chi connectivity index (χ3v) is 2.56. The molecule has 0 saturated heterocycles. The van der Waals surface area contributed by atoms with Crippen LogP contribution >= 0.6 is 23.2 Å². The van der Waals surface area contributed by atoms with Crippen LogP contribution in [0.3, 0.4) is 0 Å². The van der Waals surface area contributed by atoms with E-state index in [-0.39, 0.29) is 16.1 Å². The highest BCUT2D eigenvalue weighted by molar-refractivity contribution is 6.34. The van der Waals surface area contributed by atoms with Crippen LogP contribution in [-0.4, -0.2) is 20.9 Å². The van der Waals surface area contributed by atoms with Crippen LogP contribution in [0.15, 0.2) is 24.5 Å². The Morgan fingerprint density at radius 1 is 1.33 bits per heavy atom. The van der Waals surface area contributed by atoms with Crippen LogP contribution in [0, 0.1) is 6.92 Å². The molecule has 0 aliphatic carbocycles. The summed E-state index contributed by atoms with van der Waals surface area (Å²) in [4.78, 5) is 23.6. The predicted molar refractivity (Wildman–Crippen MR) is 69.0 cm³/mol. The number of carbonyl (C=O) groups excluding carboxylic acids is 1. The summed E-state index contributed by atoms with van der Waals surface area (Å²) in [5, 5.41) is 3.04. The number of pyridine rings is 1. The minimum absolute atomic E-state index is 0.137. The molecule has 0 radical (unpaired) electrons. The SMILES string of the molecule is Cc1cc(Cl)nc(NC(=O)c2ccncc2Cl)n1. The number of aryl methyl sites for hydroxylation is 1. The smallest absolute Gasteiger partial charge is 0.259 e. The fourth-order valence-electron chi connectivity index (χ4n) is 1.31. The van der Waals surface area contributed by atoms with Crippen LogP contribution in [-0.2, 0) is 0 Å². The molecule has 2 heterocycles. The normalized spacial score (nSPS) is 10.2. The van der Waals surface area contributed by atoms with Crippen LogP contribution < -0.4 is 5.32 Å². The third-order valence-electron chi connectivity index (χ3n) is 2.07. The van der Waals surface area contributed by atoms with Crippen molar-refractivity contribution in [2.24, 2.45) is 0 Å². The number of amides is 1. The van der Waals surface area contributed by atoms with Crippen molar-refractivity contribution >= 4 is 35.1 Å². The molecule has 2 aromatic heterocycles. The van der Waals surface area contributed by atoms with Crippen LogP contribution in [0.25, 0.3) is 0 Å². The van der Waals surface area contributed by atoms with E-state index in [0.29, 0.717) is 11.3 Å². The summed E-state index contributed by atoms with van der Waals surface area (Å²) in [6, 6.07) is 3.10. The van der Waals surface area contributed by atoms with E-state index in [0.717, 1.165) is 0 Å². The Balaban J connectivity index is 2.24. The molecule has 0 spiro atoms. The quantitative estimate of drug-likeness (QED) is 0.860. The third kappa shape index (κ3) is 2.94. The first-order valence-corrected chi connectivity index (χ1v) is 5.74. The van der Waals surface area contributed by atoms with Crippen LogP contribution in [0.1, 0.15) is 16.1 Å². The van der Waals surface area contributed by atoms with Gasteiger partial charge < -0.3 is 0 Å². The average Bonchev–Trinajstić information content (AvgIpc) is 2.27. The molecule has 1 amide bonds. The van der Waals surface area contributed by atoms with E-state index < -0.39 is 5.91 Å². The zero-order chi connectivity index (χ0) is 13.1. The van der Waals surface area contributed by atoms with Gasteiger partial charge in [-0.05, 0) is 19.1 Å². The maximum absolute atomic E-state index is 11.9. The first-order valence-electron chi connectivity index (χ1n) is 4.98. The minimum atomic E-state index is -0.413. The second kappa shape index (κ2) is 5.29. The number of rotatable bonds is 2. The molecule has 0 atom stereocenters. The van der Waals surface area contributed by atoms with Crippen molar-refractivity contribution in [2.75, 3.05) is 5.32 Å². The maximum Gasteiger partial charge on any atom is 0.259 e. The molecule has 0 aliphatic rings. The number of carbonyl (C=O) groups is 1. The molecular formula is C11H8Cl2N4O. The zero-order valence-electron chi connectivity index (χ0n) is 9.32. The van der Waals surface area contributed by atoms with E-state index in [1.54, 1.807) is 13.0 Å². The average molecular weight is 283 g/mol. The lowest BCUT2D eigenvalue weighted by Crippen LogP contribution is -2.15. The molecule has 2 aromatic rings. The molecule has 0 aromatic carbocycles. The summed E-state index contributed by atoms with van der Waals surface area (Å²) >= 11 is 11.6. The van der Waals surface area contributed by atoms with E-state index >= 15 is 0 Å². The minimum Gasteiger partial charge on any atom is -0.290 e. The fourth-order valence-corrected chi connectivity index (χ4v) is 1.76. The van der Waals surface area contributed by atoms with Gasteiger partial charge in [-0.3, -0.25) is 15.1 Å². The zero-order valence-corrected chi connectivity index (χ0v) is 10.8. The van der Waals surface area contributed by atoms with Gasteiger partial charge in [0.15, 0.2) is 0 Å². The van der Waals surface area contributed by atoms with Crippen molar-refractivity contribution in [1.29, 1.82) is 0 Å². The highest BCUT2D eigenvalue weighted by Gasteiger charge is 2.12. The first-order chi connectivity index (χ1) is 8.56. The van der Waals surface area contributed by atoms with Gasteiger partial charge in [0.25, 0.3) is 5.91 Å². The lowest BCUT2D eigenvalue weighted by molar-refractivity contribution is 0.102. The molecule has 2 rings (SSSR count). The van der Waals surface area contributed by atoms with Gasteiger partial charge in [0.05, 0.1) is 10.6 Å². The highest BCUT2D eigenvalue weighted by atomic mass is 35.5. The standard InChI is InChI=1S/C11H8Cl2N4O/c1-6-4-9(13)16-11(15-6)17-10(18)7-2-3-14-5-8(7)12/h2-5H,1H3,(H,15,16,17,18). The van der Waals surface area contributed by atoms with Crippen molar-refractivity contribution < 1.29 is 4.79 Å². The Morgan fingerprint density at radius 3 is 2.78 bits per heavy atom. The number of halogens is 2. The van der Waals surface area contributed by atoms with Gasteiger partial charge in [-0.15, -0.1) is 0 Å². The van der Waals surface area contributed by atoms with Crippen LogP contribution in [0.4, 0.5) is 5.95 Å². The topological polar surface area (TPSA) is 67.8 Å². The summed E-state index contributed by atoms with van der Waals surface area (Å²) in [7, 11) is 0. The van der Waals surface area contributed by atoms with E-state index in [9.17, 15) is 4.79 Å². The molecule has 0 bridgehead atoms. The van der Waals surface area contributed by atoms with E-state index in [1.807, 2.05) is 0 Å². The van der Waals surface area contributed by atoms with Crippen molar-refractivity contribution in [2.45, 2.75) is 6.92 Å². The molecule has 0 saturated carbocycles. The lowest BCUT2D eigenvalue weighted by atomic mass is 10.2. The second-order valence-electron chi connectivity index (χ2n) is 3.47. The molecule has 92 valence electrons. The van der Waals surface area contributed by atoms with Crippen molar-refractivity contribution in [3.05, 3.63) is 46.0 Å². The van der Waals surface area contributed by atoms with Gasteiger partial charge in [0.1, 0.15) is 5.15 Å². The Labute approximate surface area is 113 Å². The number of nitrogens with one attached hydrogen (secondary N) is 1. The van der Waals surface area contributed by atoms with E-state index in [2.05, 4.69) is 20.3 Å². The Kier molecular flexibility index (Phi) is 3.74.